The number of nitrogens with zero attached hydrogens (tertiary/aromatic N) is 4. The SMILES string of the molecule is Cc1ccccc1-n1nnnc1SCC(=O)NCc1ccco1. The lowest BCUT2D eigenvalue weighted by Crippen LogP contribution is -2.24. The minimum absolute atomic E-state index is 0.106. The Hall–Kier alpha value is -2.61. The fraction of sp³-hybridized carbons (Fsp3) is 0.200. The molecule has 3 aromatic rings. The maximum atomic E-state index is 11.9. The van der Waals surface area contributed by atoms with Gasteiger partial charge in [-0.1, -0.05) is 30.0 Å². The highest BCUT2D eigenvalue weighted by Gasteiger charge is 2.12. The van der Waals surface area contributed by atoms with Crippen LogP contribution in [0.3, 0.4) is 0 Å². The fourth-order valence-electron chi connectivity index (χ4n) is 2.00. The van der Waals surface area contributed by atoms with Gasteiger partial charge in [0, 0.05) is 0 Å². The molecule has 0 aliphatic rings. The van der Waals surface area contributed by atoms with Crippen LogP contribution in [0.25, 0.3) is 5.69 Å². The summed E-state index contributed by atoms with van der Waals surface area (Å²) in [4.78, 5) is 11.9. The maximum absolute atomic E-state index is 11.9. The minimum Gasteiger partial charge on any atom is -0.467 e. The third-order valence-electron chi connectivity index (χ3n) is 3.16. The van der Waals surface area contributed by atoms with E-state index in [2.05, 4.69) is 20.8 Å². The first kappa shape index (κ1) is 15.3. The molecule has 0 atom stereocenters. The summed E-state index contributed by atoms with van der Waals surface area (Å²) in [5, 5.41) is 15.0. The van der Waals surface area contributed by atoms with Crippen molar-refractivity contribution in [3.05, 3.63) is 54.0 Å². The van der Waals surface area contributed by atoms with Gasteiger partial charge in [0.2, 0.25) is 11.1 Å². The van der Waals surface area contributed by atoms with Crippen molar-refractivity contribution < 1.29 is 9.21 Å². The molecule has 23 heavy (non-hydrogen) atoms. The Bertz CT molecular complexity index is 785. The molecule has 2 aromatic heterocycles. The van der Waals surface area contributed by atoms with Gasteiger partial charge in [0.25, 0.3) is 0 Å². The Morgan fingerprint density at radius 1 is 1.30 bits per heavy atom. The number of carbonyl (C=O) groups excluding carboxylic acids is 1. The number of benzene rings is 1. The first-order valence-corrected chi connectivity index (χ1v) is 7.99. The molecule has 1 aromatic carbocycles. The number of para-hydroxylation sites is 1. The summed E-state index contributed by atoms with van der Waals surface area (Å²) in [5.41, 5.74) is 1.96. The Morgan fingerprint density at radius 2 is 2.17 bits per heavy atom. The second-order valence-corrected chi connectivity index (χ2v) is 5.75. The van der Waals surface area contributed by atoms with Gasteiger partial charge in [-0.3, -0.25) is 4.79 Å². The molecule has 1 amide bonds. The molecule has 0 bridgehead atoms. The molecule has 7 nitrogen and oxygen atoms in total. The van der Waals surface area contributed by atoms with Crippen molar-refractivity contribution in [1.29, 1.82) is 0 Å². The molecule has 1 N–H and O–H groups in total. The van der Waals surface area contributed by atoms with E-state index in [1.54, 1.807) is 17.0 Å². The molecular weight excluding hydrogens is 314 g/mol. The van der Waals surface area contributed by atoms with Crippen molar-refractivity contribution in [2.75, 3.05) is 5.75 Å². The van der Waals surface area contributed by atoms with Gasteiger partial charge >= 0.3 is 0 Å². The van der Waals surface area contributed by atoms with Crippen LogP contribution in [0.5, 0.6) is 0 Å². The molecule has 0 saturated carbocycles. The number of aromatic nitrogens is 4. The lowest BCUT2D eigenvalue weighted by atomic mass is 10.2. The molecule has 0 unspecified atom stereocenters. The average Bonchev–Trinajstić information content (AvgIpc) is 3.23. The quantitative estimate of drug-likeness (QED) is 0.696. The first-order chi connectivity index (χ1) is 11.2. The number of carbonyl (C=O) groups is 1. The van der Waals surface area contributed by atoms with E-state index in [1.165, 1.54) is 11.8 Å². The molecule has 0 radical (unpaired) electrons. The number of hydrogen-bond acceptors (Lipinski definition) is 6. The van der Waals surface area contributed by atoms with E-state index in [9.17, 15) is 4.79 Å². The Kier molecular flexibility index (Phi) is 4.72. The number of tetrazole rings is 1. The van der Waals surface area contributed by atoms with Crippen LogP contribution in [0.4, 0.5) is 0 Å². The van der Waals surface area contributed by atoms with E-state index in [1.807, 2.05) is 37.3 Å². The zero-order chi connectivity index (χ0) is 16.1. The molecule has 0 aliphatic carbocycles. The van der Waals surface area contributed by atoms with E-state index < -0.39 is 0 Å². The summed E-state index contributed by atoms with van der Waals surface area (Å²) >= 11 is 1.29. The maximum Gasteiger partial charge on any atom is 0.230 e. The van der Waals surface area contributed by atoms with Crippen molar-refractivity contribution in [1.82, 2.24) is 25.5 Å². The van der Waals surface area contributed by atoms with Gasteiger partial charge in [-0.15, -0.1) is 5.10 Å². The van der Waals surface area contributed by atoms with Gasteiger partial charge in [0.05, 0.1) is 24.2 Å². The third-order valence-corrected chi connectivity index (χ3v) is 4.08. The van der Waals surface area contributed by atoms with Crippen molar-refractivity contribution in [2.24, 2.45) is 0 Å². The van der Waals surface area contributed by atoms with Crippen LogP contribution < -0.4 is 5.32 Å². The summed E-state index contributed by atoms with van der Waals surface area (Å²) in [6, 6.07) is 11.4. The van der Waals surface area contributed by atoms with Crippen LogP contribution in [-0.4, -0.2) is 31.9 Å². The molecule has 0 spiro atoms. The summed E-state index contributed by atoms with van der Waals surface area (Å²) < 4.78 is 6.81. The molecule has 0 fully saturated rings. The van der Waals surface area contributed by atoms with E-state index in [0.717, 1.165) is 11.3 Å². The molecular formula is C15H15N5O2S. The van der Waals surface area contributed by atoms with Crippen molar-refractivity contribution in [2.45, 2.75) is 18.6 Å². The number of hydrogen-bond donors (Lipinski definition) is 1. The second kappa shape index (κ2) is 7.10. The topological polar surface area (TPSA) is 85.8 Å². The highest BCUT2D eigenvalue weighted by Crippen LogP contribution is 2.20. The Labute approximate surface area is 137 Å². The number of nitrogens with one attached hydrogen (secondary N) is 1. The van der Waals surface area contributed by atoms with Gasteiger partial charge in [0.1, 0.15) is 5.76 Å². The van der Waals surface area contributed by atoms with Crippen molar-refractivity contribution in [3.8, 4) is 5.69 Å². The largest absolute Gasteiger partial charge is 0.467 e. The molecule has 0 saturated heterocycles. The van der Waals surface area contributed by atoms with E-state index in [4.69, 9.17) is 4.42 Å². The van der Waals surface area contributed by atoms with Gasteiger partial charge < -0.3 is 9.73 Å². The standard InChI is InChI=1S/C15H15N5O2S/c1-11-5-2-3-7-13(11)20-15(17-18-19-20)23-10-14(21)16-9-12-6-4-8-22-12/h2-8H,9-10H2,1H3,(H,16,21). The zero-order valence-electron chi connectivity index (χ0n) is 12.5. The molecule has 3 rings (SSSR count). The average molecular weight is 329 g/mol. The van der Waals surface area contributed by atoms with E-state index >= 15 is 0 Å². The number of furan rings is 1. The molecule has 2 heterocycles. The van der Waals surface area contributed by atoms with Gasteiger partial charge in [-0.2, -0.15) is 4.68 Å². The zero-order valence-corrected chi connectivity index (χ0v) is 13.3. The van der Waals surface area contributed by atoms with E-state index in [-0.39, 0.29) is 11.7 Å². The van der Waals surface area contributed by atoms with Crippen LogP contribution in [-0.2, 0) is 11.3 Å². The van der Waals surface area contributed by atoms with Gasteiger partial charge in [-0.25, -0.2) is 0 Å². The van der Waals surface area contributed by atoms with Crippen LogP contribution in [0, 0.1) is 6.92 Å². The predicted molar refractivity (Wildman–Crippen MR) is 85.2 cm³/mol. The molecule has 118 valence electrons. The fourth-order valence-corrected chi connectivity index (χ4v) is 2.71. The summed E-state index contributed by atoms with van der Waals surface area (Å²) in [7, 11) is 0. The van der Waals surface area contributed by atoms with Gasteiger partial charge in [-0.05, 0) is 41.1 Å². The normalized spacial score (nSPS) is 10.7. The monoisotopic (exact) mass is 329 g/mol. The van der Waals surface area contributed by atoms with Crippen LogP contribution in [0.15, 0.2) is 52.2 Å². The molecule has 8 heteroatoms. The van der Waals surface area contributed by atoms with Gasteiger partial charge in [0.15, 0.2) is 0 Å². The number of rotatable bonds is 6. The lowest BCUT2D eigenvalue weighted by Gasteiger charge is -2.07. The summed E-state index contributed by atoms with van der Waals surface area (Å²) in [6.07, 6.45) is 1.58. The van der Waals surface area contributed by atoms with Crippen LogP contribution in [0.1, 0.15) is 11.3 Å². The minimum atomic E-state index is -0.106. The van der Waals surface area contributed by atoms with Crippen LogP contribution >= 0.6 is 11.8 Å². The molecule has 0 aliphatic heterocycles. The van der Waals surface area contributed by atoms with Crippen molar-refractivity contribution in [3.63, 3.8) is 0 Å². The van der Waals surface area contributed by atoms with Crippen LogP contribution in [0.2, 0.25) is 0 Å². The predicted octanol–water partition coefficient (Wildman–Crippen LogP) is 1.97. The summed E-state index contributed by atoms with van der Waals surface area (Å²) in [6.45, 7) is 2.36. The Balaban J connectivity index is 1.60. The highest BCUT2D eigenvalue weighted by molar-refractivity contribution is 7.99. The number of thioether (sulfide) groups is 1. The third kappa shape index (κ3) is 3.78. The number of aryl methyl sites for hydroxylation is 1. The van der Waals surface area contributed by atoms with E-state index in [0.29, 0.717) is 17.5 Å². The second-order valence-electron chi connectivity index (χ2n) is 4.80. The first-order valence-electron chi connectivity index (χ1n) is 7.00. The smallest absolute Gasteiger partial charge is 0.230 e. The lowest BCUT2D eigenvalue weighted by molar-refractivity contribution is -0.118. The number of amides is 1. The Morgan fingerprint density at radius 3 is 2.96 bits per heavy atom. The summed E-state index contributed by atoms with van der Waals surface area (Å²) in [5.74, 6) is 0.839. The van der Waals surface area contributed by atoms with Crippen molar-refractivity contribution >= 4 is 17.7 Å². The highest BCUT2D eigenvalue weighted by atomic mass is 32.2.